The Hall–Kier alpha value is -2.08. The minimum atomic E-state index is -0.501. The van der Waals surface area contributed by atoms with Gasteiger partial charge in [-0.05, 0) is 31.5 Å². The number of rotatable bonds is 4. The number of benzene rings is 1. The van der Waals surface area contributed by atoms with E-state index in [0.717, 1.165) is 19.4 Å². The predicted octanol–water partition coefficient (Wildman–Crippen LogP) is 0.758. The van der Waals surface area contributed by atoms with Crippen LogP contribution in [-0.4, -0.2) is 42.5 Å². The van der Waals surface area contributed by atoms with E-state index in [2.05, 4.69) is 10.6 Å². The van der Waals surface area contributed by atoms with Crippen molar-refractivity contribution in [2.75, 3.05) is 25.0 Å². The molecule has 108 valence electrons. The molecule has 1 atom stereocenters. The van der Waals surface area contributed by atoms with Gasteiger partial charge >= 0.3 is 6.03 Å². The van der Waals surface area contributed by atoms with Crippen LogP contribution in [0.1, 0.15) is 12.8 Å². The average Bonchev–Trinajstić information content (AvgIpc) is 2.46. The lowest BCUT2D eigenvalue weighted by molar-refractivity contribution is -0.119. The molecule has 1 aromatic carbocycles. The third-order valence-corrected chi connectivity index (χ3v) is 3.32. The molecule has 1 aromatic rings. The van der Waals surface area contributed by atoms with E-state index in [9.17, 15) is 9.59 Å². The third kappa shape index (κ3) is 3.96. The summed E-state index contributed by atoms with van der Waals surface area (Å²) in [6.45, 7) is 1.57. The fourth-order valence-corrected chi connectivity index (χ4v) is 2.35. The highest BCUT2D eigenvalue weighted by atomic mass is 16.2. The number of primary amides is 1. The maximum Gasteiger partial charge on any atom is 0.322 e. The van der Waals surface area contributed by atoms with Gasteiger partial charge in [0.1, 0.15) is 6.54 Å². The average molecular weight is 276 g/mol. The van der Waals surface area contributed by atoms with Crippen LogP contribution < -0.4 is 16.4 Å². The van der Waals surface area contributed by atoms with E-state index in [-0.39, 0.29) is 18.6 Å². The molecule has 0 aromatic heterocycles. The maximum atomic E-state index is 12.3. The van der Waals surface area contributed by atoms with E-state index in [4.69, 9.17) is 5.73 Å². The summed E-state index contributed by atoms with van der Waals surface area (Å²) in [5.41, 5.74) is 5.95. The van der Waals surface area contributed by atoms with Gasteiger partial charge in [-0.1, -0.05) is 18.2 Å². The van der Waals surface area contributed by atoms with E-state index in [0.29, 0.717) is 12.2 Å². The van der Waals surface area contributed by atoms with Crippen molar-refractivity contribution in [1.29, 1.82) is 0 Å². The topological polar surface area (TPSA) is 87.5 Å². The van der Waals surface area contributed by atoms with Crippen LogP contribution in [0.3, 0.4) is 0 Å². The van der Waals surface area contributed by atoms with Crippen LogP contribution in [0.4, 0.5) is 10.5 Å². The largest absolute Gasteiger partial charge is 0.368 e. The van der Waals surface area contributed by atoms with Gasteiger partial charge < -0.3 is 21.3 Å². The summed E-state index contributed by atoms with van der Waals surface area (Å²) in [6.07, 6.45) is 1.86. The number of nitrogens with one attached hydrogen (secondary N) is 2. The van der Waals surface area contributed by atoms with Crippen molar-refractivity contribution >= 4 is 17.6 Å². The van der Waals surface area contributed by atoms with Crippen molar-refractivity contribution in [2.45, 2.75) is 18.9 Å². The van der Waals surface area contributed by atoms with E-state index >= 15 is 0 Å². The summed E-state index contributed by atoms with van der Waals surface area (Å²) in [6, 6.07) is 8.89. The van der Waals surface area contributed by atoms with Crippen molar-refractivity contribution < 1.29 is 9.59 Å². The van der Waals surface area contributed by atoms with Crippen molar-refractivity contribution in [3.63, 3.8) is 0 Å². The van der Waals surface area contributed by atoms with E-state index < -0.39 is 5.91 Å². The van der Waals surface area contributed by atoms with Crippen LogP contribution >= 0.6 is 0 Å². The molecule has 2 rings (SSSR count). The van der Waals surface area contributed by atoms with Crippen molar-refractivity contribution in [3.05, 3.63) is 30.3 Å². The van der Waals surface area contributed by atoms with Crippen LogP contribution in [0, 0.1) is 0 Å². The van der Waals surface area contributed by atoms with Crippen LogP contribution in [-0.2, 0) is 4.79 Å². The Labute approximate surface area is 118 Å². The Morgan fingerprint density at radius 2 is 2.10 bits per heavy atom. The molecule has 1 unspecified atom stereocenters. The molecule has 6 heteroatoms. The van der Waals surface area contributed by atoms with Crippen LogP contribution in [0.25, 0.3) is 0 Å². The first-order valence-corrected chi connectivity index (χ1v) is 6.78. The van der Waals surface area contributed by atoms with E-state index in [1.54, 1.807) is 12.1 Å². The Morgan fingerprint density at radius 1 is 1.35 bits per heavy atom. The number of nitrogens with zero attached hydrogens (tertiary/aromatic N) is 1. The summed E-state index contributed by atoms with van der Waals surface area (Å²) in [5, 5.41) is 6.03. The standard InChI is InChI=1S/C14H20N4O2/c15-13(19)10-18(12-7-4-8-16-9-12)14(20)17-11-5-2-1-3-6-11/h1-3,5-6,12,16H,4,7-10H2,(H2,15,19)(H,17,20). The number of amides is 3. The lowest BCUT2D eigenvalue weighted by Gasteiger charge is -2.33. The van der Waals surface area contributed by atoms with Crippen LogP contribution in [0.15, 0.2) is 30.3 Å². The van der Waals surface area contributed by atoms with Gasteiger partial charge in [0.05, 0.1) is 0 Å². The zero-order chi connectivity index (χ0) is 14.4. The smallest absolute Gasteiger partial charge is 0.322 e. The Kier molecular flexibility index (Phi) is 4.95. The second-order valence-corrected chi connectivity index (χ2v) is 4.89. The summed E-state index contributed by atoms with van der Waals surface area (Å²) >= 11 is 0. The molecule has 1 saturated heterocycles. The maximum absolute atomic E-state index is 12.3. The van der Waals surface area contributed by atoms with Gasteiger partial charge in [0.2, 0.25) is 5.91 Å². The summed E-state index contributed by atoms with van der Waals surface area (Å²) in [5.74, 6) is -0.501. The van der Waals surface area contributed by atoms with Crippen LogP contribution in [0.5, 0.6) is 0 Å². The van der Waals surface area contributed by atoms with Gasteiger partial charge in [0.15, 0.2) is 0 Å². The number of nitrogens with two attached hydrogens (primary N) is 1. The molecule has 3 amide bonds. The highest BCUT2D eigenvalue weighted by Gasteiger charge is 2.26. The van der Waals surface area contributed by atoms with Gasteiger partial charge in [-0.25, -0.2) is 4.79 Å². The second-order valence-electron chi connectivity index (χ2n) is 4.89. The highest BCUT2D eigenvalue weighted by Crippen LogP contribution is 2.13. The molecule has 1 aliphatic heterocycles. The van der Waals surface area contributed by atoms with E-state index in [1.165, 1.54) is 4.90 Å². The summed E-state index contributed by atoms with van der Waals surface area (Å²) < 4.78 is 0. The lowest BCUT2D eigenvalue weighted by atomic mass is 10.1. The van der Waals surface area contributed by atoms with Crippen LogP contribution in [0.2, 0.25) is 0 Å². The normalized spacial score (nSPS) is 18.3. The van der Waals surface area contributed by atoms with Gasteiger partial charge in [-0.2, -0.15) is 0 Å². The molecule has 0 spiro atoms. The number of urea groups is 1. The molecule has 20 heavy (non-hydrogen) atoms. The van der Waals surface area contributed by atoms with Gasteiger partial charge in [0, 0.05) is 18.3 Å². The fourth-order valence-electron chi connectivity index (χ4n) is 2.35. The van der Waals surface area contributed by atoms with E-state index in [1.807, 2.05) is 18.2 Å². The third-order valence-electron chi connectivity index (χ3n) is 3.32. The van der Waals surface area contributed by atoms with Gasteiger partial charge in [-0.15, -0.1) is 0 Å². The molecule has 1 heterocycles. The molecular weight excluding hydrogens is 256 g/mol. The first-order valence-electron chi connectivity index (χ1n) is 6.78. The minimum absolute atomic E-state index is 0.0000350. The molecule has 6 nitrogen and oxygen atoms in total. The highest BCUT2D eigenvalue weighted by molar-refractivity contribution is 5.92. The molecule has 4 N–H and O–H groups in total. The van der Waals surface area contributed by atoms with Crippen molar-refractivity contribution in [2.24, 2.45) is 5.73 Å². The minimum Gasteiger partial charge on any atom is -0.368 e. The number of hydrogen-bond donors (Lipinski definition) is 3. The summed E-state index contributed by atoms with van der Waals surface area (Å²) in [4.78, 5) is 25.0. The Bertz CT molecular complexity index is 458. The monoisotopic (exact) mass is 276 g/mol. The zero-order valence-corrected chi connectivity index (χ0v) is 11.3. The number of para-hydroxylation sites is 1. The Morgan fingerprint density at radius 3 is 2.70 bits per heavy atom. The predicted molar refractivity (Wildman–Crippen MR) is 77.3 cm³/mol. The molecule has 1 fully saturated rings. The SMILES string of the molecule is NC(=O)CN(C(=O)Nc1ccccc1)C1CCCNC1. The molecule has 0 bridgehead atoms. The zero-order valence-electron chi connectivity index (χ0n) is 11.3. The quantitative estimate of drug-likeness (QED) is 0.758. The molecule has 0 radical (unpaired) electrons. The van der Waals surface area contributed by atoms with Crippen molar-refractivity contribution in [3.8, 4) is 0 Å². The Balaban J connectivity index is 2.05. The van der Waals surface area contributed by atoms with Gasteiger partial charge in [-0.3, -0.25) is 4.79 Å². The second kappa shape index (κ2) is 6.91. The fraction of sp³-hybridized carbons (Fsp3) is 0.429. The molecule has 0 saturated carbocycles. The number of carbonyl (C=O) groups is 2. The lowest BCUT2D eigenvalue weighted by Crippen LogP contribution is -2.52. The van der Waals surface area contributed by atoms with Crippen molar-refractivity contribution in [1.82, 2.24) is 10.2 Å². The first-order chi connectivity index (χ1) is 9.66. The summed E-state index contributed by atoms with van der Waals surface area (Å²) in [7, 11) is 0. The number of hydrogen-bond acceptors (Lipinski definition) is 3. The van der Waals surface area contributed by atoms with Gasteiger partial charge in [0.25, 0.3) is 0 Å². The molecule has 0 aliphatic carbocycles. The number of piperidine rings is 1. The molecular formula is C14H20N4O2. The molecule has 1 aliphatic rings. The first kappa shape index (κ1) is 14.3. The number of anilines is 1. The number of carbonyl (C=O) groups excluding carboxylic acids is 2.